The monoisotopic (exact) mass is 766 g/mol. The number of carbonyl (C=O) groups is 2. The maximum absolute atomic E-state index is 12.8. The topological polar surface area (TPSA) is 89.5 Å². The molecule has 0 bridgehead atoms. The van der Waals surface area contributed by atoms with Crippen molar-refractivity contribution in [3.8, 4) is 17.2 Å². The normalized spacial score (nSPS) is 13.6. The van der Waals surface area contributed by atoms with Crippen LogP contribution in [0.4, 0.5) is 0 Å². The third kappa shape index (κ3) is 12.6. The number of carbonyl (C=O) groups excluding carboxylic acids is 2. The second-order valence-electron chi connectivity index (χ2n) is 16.5. The van der Waals surface area contributed by atoms with Crippen LogP contribution in [-0.4, -0.2) is 55.7 Å². The highest BCUT2D eigenvalue weighted by molar-refractivity contribution is 5.93. The lowest BCUT2D eigenvalue weighted by Gasteiger charge is -2.31. The van der Waals surface area contributed by atoms with E-state index in [-0.39, 0.29) is 35.7 Å². The van der Waals surface area contributed by atoms with Gasteiger partial charge in [-0.25, -0.2) is 9.59 Å². The van der Waals surface area contributed by atoms with Gasteiger partial charge < -0.3 is 28.4 Å². The smallest absolute Gasteiger partial charge is 0.338 e. The van der Waals surface area contributed by atoms with Crippen molar-refractivity contribution in [3.63, 3.8) is 0 Å². The molecule has 302 valence electrons. The van der Waals surface area contributed by atoms with Gasteiger partial charge in [0.15, 0.2) is 0 Å². The van der Waals surface area contributed by atoms with Gasteiger partial charge in [0, 0.05) is 5.41 Å². The molecule has 3 atom stereocenters. The Morgan fingerprint density at radius 2 is 0.804 bits per heavy atom. The summed E-state index contributed by atoms with van der Waals surface area (Å²) >= 11 is 0. The van der Waals surface area contributed by atoms with E-state index in [1.807, 2.05) is 48.5 Å². The van der Waals surface area contributed by atoms with Gasteiger partial charge in [0.2, 0.25) is 0 Å². The van der Waals surface area contributed by atoms with Gasteiger partial charge in [-0.2, -0.15) is 0 Å². The Labute approximate surface area is 334 Å². The van der Waals surface area contributed by atoms with Gasteiger partial charge in [0.25, 0.3) is 0 Å². The van der Waals surface area contributed by atoms with Gasteiger partial charge in [-0.1, -0.05) is 84.9 Å². The SMILES string of the molecule is CCC(C)(CC)OC(C)COc1ccc(C(C)(C)c2ccc(OCC(C)OC(=O)c3ccc(C(=O)OC(C)COc4ccc(C(C)(C)C)cc4)cc3)cc2)cc1. The van der Waals surface area contributed by atoms with Crippen molar-refractivity contribution in [3.05, 3.63) is 125 Å². The molecule has 0 aromatic heterocycles. The first kappa shape index (κ1) is 43.9. The van der Waals surface area contributed by atoms with Crippen LogP contribution >= 0.6 is 0 Å². The lowest BCUT2D eigenvalue weighted by Crippen LogP contribution is -2.34. The summed E-state index contributed by atoms with van der Waals surface area (Å²) in [6, 6.07) is 30.3. The Balaban J connectivity index is 1.20. The number of ether oxygens (including phenoxy) is 6. The van der Waals surface area contributed by atoms with Crippen LogP contribution in [0.25, 0.3) is 0 Å². The van der Waals surface area contributed by atoms with Crippen molar-refractivity contribution in [2.24, 2.45) is 0 Å². The minimum absolute atomic E-state index is 0.00614. The molecule has 4 rings (SSSR count). The molecule has 0 spiro atoms. The predicted octanol–water partition coefficient (Wildman–Crippen LogP) is 10.9. The highest BCUT2D eigenvalue weighted by atomic mass is 16.6. The van der Waals surface area contributed by atoms with Gasteiger partial charge in [-0.05, 0) is 123 Å². The maximum Gasteiger partial charge on any atom is 0.338 e. The van der Waals surface area contributed by atoms with E-state index in [9.17, 15) is 9.59 Å². The maximum atomic E-state index is 12.8. The number of benzene rings is 4. The van der Waals surface area contributed by atoms with Gasteiger partial charge in [0.1, 0.15) is 49.3 Å². The quantitative estimate of drug-likeness (QED) is 0.0872. The van der Waals surface area contributed by atoms with E-state index in [1.54, 1.807) is 38.1 Å². The van der Waals surface area contributed by atoms with Crippen LogP contribution in [0.15, 0.2) is 97.1 Å². The third-order valence-corrected chi connectivity index (χ3v) is 10.3. The van der Waals surface area contributed by atoms with E-state index >= 15 is 0 Å². The fraction of sp³-hybridized carbons (Fsp3) is 0.458. The Hall–Kier alpha value is -4.82. The molecule has 0 aliphatic carbocycles. The van der Waals surface area contributed by atoms with Crippen LogP contribution < -0.4 is 14.2 Å². The Kier molecular flexibility index (Phi) is 15.2. The first-order valence-corrected chi connectivity index (χ1v) is 19.8. The third-order valence-electron chi connectivity index (χ3n) is 10.3. The summed E-state index contributed by atoms with van der Waals surface area (Å²) in [5, 5.41) is 0. The fourth-order valence-electron chi connectivity index (χ4n) is 6.04. The molecular weight excluding hydrogens is 705 g/mol. The molecule has 0 N–H and O–H groups in total. The number of hydrogen-bond donors (Lipinski definition) is 0. The molecule has 8 heteroatoms. The molecule has 0 heterocycles. The molecule has 3 unspecified atom stereocenters. The van der Waals surface area contributed by atoms with Crippen LogP contribution in [0.5, 0.6) is 17.2 Å². The lowest BCUT2D eigenvalue weighted by molar-refractivity contribution is -0.0926. The molecule has 0 amide bonds. The van der Waals surface area contributed by atoms with E-state index in [1.165, 1.54) is 5.56 Å². The summed E-state index contributed by atoms with van der Waals surface area (Å²) < 4.78 is 35.2. The fourth-order valence-corrected chi connectivity index (χ4v) is 6.04. The zero-order valence-electron chi connectivity index (χ0n) is 35.3. The minimum atomic E-state index is -0.508. The first-order valence-electron chi connectivity index (χ1n) is 19.8. The summed E-state index contributed by atoms with van der Waals surface area (Å²) in [7, 11) is 0. The molecule has 0 saturated heterocycles. The van der Waals surface area contributed by atoms with Crippen molar-refractivity contribution in [2.75, 3.05) is 19.8 Å². The largest absolute Gasteiger partial charge is 0.491 e. The average Bonchev–Trinajstić information content (AvgIpc) is 3.18. The Morgan fingerprint density at radius 1 is 0.482 bits per heavy atom. The summed E-state index contributed by atoms with van der Waals surface area (Å²) in [5.41, 5.74) is 3.84. The van der Waals surface area contributed by atoms with E-state index in [2.05, 4.69) is 86.6 Å². The molecule has 0 aliphatic heterocycles. The van der Waals surface area contributed by atoms with Crippen LogP contribution in [0.2, 0.25) is 0 Å². The average molecular weight is 767 g/mol. The number of rotatable bonds is 19. The summed E-state index contributed by atoms with van der Waals surface area (Å²) in [6.45, 7) is 23.8. The molecule has 56 heavy (non-hydrogen) atoms. The van der Waals surface area contributed by atoms with Crippen LogP contribution in [0, 0.1) is 0 Å². The predicted molar refractivity (Wildman–Crippen MR) is 222 cm³/mol. The van der Waals surface area contributed by atoms with E-state index in [0.717, 1.165) is 29.7 Å². The molecule has 0 fully saturated rings. The van der Waals surface area contributed by atoms with Gasteiger partial charge in [0.05, 0.1) is 22.8 Å². The zero-order chi connectivity index (χ0) is 41.1. The highest BCUT2D eigenvalue weighted by Gasteiger charge is 2.25. The second-order valence-corrected chi connectivity index (χ2v) is 16.5. The van der Waals surface area contributed by atoms with Crippen LogP contribution in [0.1, 0.15) is 126 Å². The Bertz CT molecular complexity index is 1820. The lowest BCUT2D eigenvalue weighted by atomic mass is 9.78. The molecular formula is C48H62O8. The molecule has 4 aromatic carbocycles. The molecule has 0 radical (unpaired) electrons. The van der Waals surface area contributed by atoms with Crippen molar-refractivity contribution in [2.45, 2.75) is 124 Å². The summed E-state index contributed by atoms with van der Waals surface area (Å²) in [5.74, 6) is 1.20. The van der Waals surface area contributed by atoms with E-state index in [0.29, 0.717) is 29.2 Å². The molecule has 4 aromatic rings. The van der Waals surface area contributed by atoms with Gasteiger partial charge in [-0.3, -0.25) is 0 Å². The first-order chi connectivity index (χ1) is 26.4. The van der Waals surface area contributed by atoms with Gasteiger partial charge >= 0.3 is 11.9 Å². The van der Waals surface area contributed by atoms with E-state index in [4.69, 9.17) is 28.4 Å². The highest BCUT2D eigenvalue weighted by Crippen LogP contribution is 2.34. The van der Waals surface area contributed by atoms with Crippen molar-refractivity contribution < 1.29 is 38.0 Å². The van der Waals surface area contributed by atoms with E-state index < -0.39 is 24.1 Å². The van der Waals surface area contributed by atoms with Crippen LogP contribution in [-0.2, 0) is 25.0 Å². The number of esters is 2. The standard InChI is InChI=1S/C48H62O8/c1-12-48(11,13-2)56-35(5)32-53-43-28-22-40(23-29-43)47(9,10)39-20-26-42(27-21-39)52-31-34(4)55-45(50)37-16-14-36(15-17-37)44(49)54-33(3)30-51-41-24-18-38(19-25-41)46(6,7)8/h14-29,33-35H,12-13,30-32H2,1-11H3. The number of hydrogen-bond acceptors (Lipinski definition) is 8. The Morgan fingerprint density at radius 3 is 1.12 bits per heavy atom. The van der Waals surface area contributed by atoms with Crippen molar-refractivity contribution >= 4 is 11.9 Å². The van der Waals surface area contributed by atoms with Crippen molar-refractivity contribution in [1.29, 1.82) is 0 Å². The molecule has 8 nitrogen and oxygen atoms in total. The molecule has 0 aliphatic rings. The minimum Gasteiger partial charge on any atom is -0.491 e. The van der Waals surface area contributed by atoms with Gasteiger partial charge in [-0.15, -0.1) is 0 Å². The summed E-state index contributed by atoms with van der Waals surface area (Å²) in [6.07, 6.45) is 0.940. The molecule has 0 saturated carbocycles. The zero-order valence-corrected chi connectivity index (χ0v) is 35.3. The van der Waals surface area contributed by atoms with Crippen LogP contribution in [0.3, 0.4) is 0 Å². The van der Waals surface area contributed by atoms with Crippen molar-refractivity contribution in [1.82, 2.24) is 0 Å². The summed E-state index contributed by atoms with van der Waals surface area (Å²) in [4.78, 5) is 25.6. The second kappa shape index (κ2) is 19.4.